The molecule has 7 heteroatoms. The zero-order chi connectivity index (χ0) is 20.1. The summed E-state index contributed by atoms with van der Waals surface area (Å²) in [5.74, 6) is 0.771. The van der Waals surface area contributed by atoms with Crippen LogP contribution in [-0.4, -0.2) is 56.4 Å². The van der Waals surface area contributed by atoms with Crippen molar-refractivity contribution in [3.63, 3.8) is 0 Å². The average Bonchev–Trinajstić information content (AvgIpc) is 2.79. The number of carbonyl (C=O) groups is 2. The molecule has 2 fully saturated rings. The summed E-state index contributed by atoms with van der Waals surface area (Å²) in [6.07, 6.45) is 3.02. The summed E-state index contributed by atoms with van der Waals surface area (Å²) >= 11 is 0. The number of esters is 1. The van der Waals surface area contributed by atoms with E-state index in [1.54, 1.807) is 21.3 Å². The van der Waals surface area contributed by atoms with Crippen molar-refractivity contribution in [2.24, 2.45) is 0 Å². The van der Waals surface area contributed by atoms with Crippen molar-refractivity contribution in [2.75, 3.05) is 27.9 Å². The monoisotopic (exact) mass is 389 g/mol. The first-order valence-corrected chi connectivity index (χ1v) is 9.74. The van der Waals surface area contributed by atoms with Crippen LogP contribution in [-0.2, 0) is 31.0 Å². The number of rotatable bonds is 4. The van der Waals surface area contributed by atoms with Crippen molar-refractivity contribution in [2.45, 2.75) is 56.3 Å². The molecule has 0 radical (unpaired) electrons. The Balaban J connectivity index is 1.99. The van der Waals surface area contributed by atoms with Gasteiger partial charge in [0.15, 0.2) is 23.2 Å². The first-order valence-electron chi connectivity index (χ1n) is 9.74. The van der Waals surface area contributed by atoms with Gasteiger partial charge >= 0.3 is 5.97 Å². The van der Waals surface area contributed by atoms with E-state index in [-0.39, 0.29) is 5.91 Å². The number of nitrogens with zero attached hydrogens (tertiary/aromatic N) is 1. The van der Waals surface area contributed by atoms with Gasteiger partial charge in [0.2, 0.25) is 0 Å². The lowest BCUT2D eigenvalue weighted by Crippen LogP contribution is -2.54. The highest BCUT2D eigenvalue weighted by atomic mass is 16.6. The fourth-order valence-electron chi connectivity index (χ4n) is 5.48. The Morgan fingerprint density at radius 2 is 1.79 bits per heavy atom. The molecule has 1 aromatic carbocycles. The first-order chi connectivity index (χ1) is 13.4. The van der Waals surface area contributed by atoms with E-state index in [9.17, 15) is 9.59 Å². The fourth-order valence-corrected chi connectivity index (χ4v) is 5.48. The van der Waals surface area contributed by atoms with Gasteiger partial charge in [0.05, 0.1) is 14.2 Å². The van der Waals surface area contributed by atoms with Crippen molar-refractivity contribution in [1.29, 1.82) is 0 Å². The minimum absolute atomic E-state index is 0.0821. The van der Waals surface area contributed by atoms with E-state index < -0.39 is 23.2 Å². The molecule has 0 unspecified atom stereocenters. The minimum Gasteiger partial charge on any atom is -0.493 e. The highest BCUT2D eigenvalue weighted by Gasteiger charge is 2.71. The first kappa shape index (κ1) is 19.1. The van der Waals surface area contributed by atoms with Crippen LogP contribution < -0.4 is 9.47 Å². The zero-order valence-electron chi connectivity index (χ0n) is 16.9. The summed E-state index contributed by atoms with van der Waals surface area (Å²) in [7, 11) is 4.75. The van der Waals surface area contributed by atoms with Crippen molar-refractivity contribution < 1.29 is 28.5 Å². The lowest BCUT2D eigenvalue weighted by molar-refractivity contribution is -0.172. The number of carbonyl (C=O) groups excluding carboxylic acids is 2. The maximum absolute atomic E-state index is 13.6. The van der Waals surface area contributed by atoms with E-state index in [1.165, 1.54) is 6.92 Å². The maximum atomic E-state index is 13.6. The molecule has 1 amide bonds. The highest BCUT2D eigenvalue weighted by molar-refractivity contribution is 5.92. The Morgan fingerprint density at radius 3 is 2.43 bits per heavy atom. The smallest absolute Gasteiger partial charge is 0.303 e. The number of methoxy groups -OCH3 is 3. The van der Waals surface area contributed by atoms with Crippen LogP contribution in [0.1, 0.15) is 43.7 Å². The molecule has 0 aromatic heterocycles. The van der Waals surface area contributed by atoms with E-state index in [0.717, 1.165) is 24.0 Å². The van der Waals surface area contributed by atoms with Gasteiger partial charge in [-0.2, -0.15) is 0 Å². The van der Waals surface area contributed by atoms with E-state index in [0.29, 0.717) is 37.3 Å². The van der Waals surface area contributed by atoms with Gasteiger partial charge in [0.25, 0.3) is 5.91 Å². The Hall–Kier alpha value is -2.28. The van der Waals surface area contributed by atoms with Gasteiger partial charge in [-0.15, -0.1) is 0 Å². The van der Waals surface area contributed by atoms with Gasteiger partial charge in [-0.25, -0.2) is 0 Å². The summed E-state index contributed by atoms with van der Waals surface area (Å²) in [5.41, 5.74) is 0.170. The molecule has 0 N–H and O–H groups in total. The summed E-state index contributed by atoms with van der Waals surface area (Å²) in [6, 6.07) is 3.93. The van der Waals surface area contributed by atoms with Crippen molar-refractivity contribution in [3.05, 3.63) is 23.3 Å². The quantitative estimate of drug-likeness (QED) is 0.735. The SMILES string of the molecule is COc1cc2c(cc1OC)[C@@]13CCCC[C@@](OC)(C(=O)N1CC2)[C@H]3OC(C)=O. The van der Waals surface area contributed by atoms with Gasteiger partial charge in [-0.1, -0.05) is 6.42 Å². The molecule has 3 atom stereocenters. The Labute approximate surface area is 164 Å². The summed E-state index contributed by atoms with van der Waals surface area (Å²) < 4.78 is 22.7. The van der Waals surface area contributed by atoms with Gasteiger partial charge in [-0.3, -0.25) is 9.59 Å². The molecule has 2 aliphatic heterocycles. The van der Waals surface area contributed by atoms with Gasteiger partial charge in [0.1, 0.15) is 5.54 Å². The number of benzene rings is 1. The second kappa shape index (κ2) is 6.65. The Kier molecular flexibility index (Phi) is 4.53. The van der Waals surface area contributed by atoms with Crippen LogP contribution in [0.15, 0.2) is 12.1 Å². The second-order valence-electron chi connectivity index (χ2n) is 7.79. The van der Waals surface area contributed by atoms with Crippen molar-refractivity contribution in [1.82, 2.24) is 4.90 Å². The summed E-state index contributed by atoms with van der Waals surface area (Å²) in [6.45, 7) is 1.95. The average molecular weight is 389 g/mol. The van der Waals surface area contributed by atoms with Crippen LogP contribution in [0, 0.1) is 0 Å². The molecule has 1 saturated carbocycles. The molecule has 1 aliphatic carbocycles. The number of hydrogen-bond acceptors (Lipinski definition) is 6. The van der Waals surface area contributed by atoms with Crippen LogP contribution in [0.2, 0.25) is 0 Å². The lowest BCUT2D eigenvalue weighted by Gasteiger charge is -2.46. The standard InChI is InChI=1S/C21H27NO6/c1-13(23)28-18-20-8-5-6-9-21(18,27-4)19(24)22(20)10-7-14-11-16(25-2)17(26-3)12-15(14)20/h11-12,18H,5-10H2,1-4H3/t18-,20+,21-/m0/s1. The third-order valence-electron chi connectivity index (χ3n) is 6.63. The number of hydrogen-bond donors (Lipinski definition) is 0. The molecule has 1 aromatic rings. The molecule has 2 heterocycles. The molecule has 7 nitrogen and oxygen atoms in total. The number of ether oxygens (including phenoxy) is 4. The molecule has 1 saturated heterocycles. The van der Waals surface area contributed by atoms with Gasteiger partial charge < -0.3 is 23.8 Å². The molecular weight excluding hydrogens is 362 g/mol. The molecule has 3 aliphatic rings. The van der Waals surface area contributed by atoms with Crippen LogP contribution >= 0.6 is 0 Å². The van der Waals surface area contributed by atoms with Crippen LogP contribution in [0.4, 0.5) is 0 Å². The topological polar surface area (TPSA) is 74.3 Å². The Bertz CT molecular complexity index is 823. The van der Waals surface area contributed by atoms with Crippen LogP contribution in [0.5, 0.6) is 11.5 Å². The lowest BCUT2D eigenvalue weighted by atomic mass is 9.74. The summed E-state index contributed by atoms with van der Waals surface area (Å²) in [5, 5.41) is 0. The van der Waals surface area contributed by atoms with Gasteiger partial charge in [-0.05, 0) is 48.9 Å². The molecule has 4 rings (SSSR count). The second-order valence-corrected chi connectivity index (χ2v) is 7.79. The third kappa shape index (κ3) is 2.32. The molecule has 28 heavy (non-hydrogen) atoms. The van der Waals surface area contributed by atoms with Crippen LogP contribution in [0.25, 0.3) is 0 Å². The molecule has 1 spiro atoms. The largest absolute Gasteiger partial charge is 0.493 e. The van der Waals surface area contributed by atoms with E-state index in [2.05, 4.69) is 0 Å². The normalized spacial score (nSPS) is 30.9. The van der Waals surface area contributed by atoms with E-state index in [1.807, 2.05) is 17.0 Å². The molecular formula is C21H27NO6. The van der Waals surface area contributed by atoms with E-state index in [4.69, 9.17) is 18.9 Å². The van der Waals surface area contributed by atoms with Gasteiger partial charge in [0, 0.05) is 20.6 Å². The number of fused-ring (bicyclic) bond motifs is 2. The third-order valence-corrected chi connectivity index (χ3v) is 6.63. The minimum atomic E-state index is -1.14. The van der Waals surface area contributed by atoms with Crippen LogP contribution in [0.3, 0.4) is 0 Å². The predicted molar refractivity (Wildman–Crippen MR) is 100 cm³/mol. The fraction of sp³-hybridized carbons (Fsp3) is 0.619. The Morgan fingerprint density at radius 1 is 1.11 bits per heavy atom. The molecule has 2 bridgehead atoms. The maximum Gasteiger partial charge on any atom is 0.303 e. The van der Waals surface area contributed by atoms with Crippen molar-refractivity contribution >= 4 is 11.9 Å². The van der Waals surface area contributed by atoms with Crippen molar-refractivity contribution in [3.8, 4) is 11.5 Å². The highest BCUT2D eigenvalue weighted by Crippen LogP contribution is 2.57. The predicted octanol–water partition coefficient (Wildman–Crippen LogP) is 2.19. The molecule has 152 valence electrons. The summed E-state index contributed by atoms with van der Waals surface area (Å²) in [4.78, 5) is 27.5. The zero-order valence-corrected chi connectivity index (χ0v) is 16.9. The van der Waals surface area contributed by atoms with E-state index >= 15 is 0 Å². The number of amides is 1.